The molecule has 0 saturated heterocycles. The van der Waals surface area contributed by atoms with Gasteiger partial charge < -0.3 is 0 Å². The van der Waals surface area contributed by atoms with E-state index in [1.807, 2.05) is 0 Å². The van der Waals surface area contributed by atoms with Gasteiger partial charge in [0.05, 0.1) is 0 Å². The van der Waals surface area contributed by atoms with E-state index in [1.54, 1.807) is 0 Å². The zero-order valence-electron chi connectivity index (χ0n) is 5.51. The summed E-state index contributed by atoms with van der Waals surface area (Å²) in [5.41, 5.74) is 1.46. The molecule has 1 aliphatic carbocycles. The van der Waals surface area contributed by atoms with Gasteiger partial charge in [0.25, 0.3) is 0 Å². The Morgan fingerprint density at radius 2 is 2.44 bits per heavy atom. The van der Waals surface area contributed by atoms with Gasteiger partial charge in [-0.3, -0.25) is 4.99 Å². The number of hydrogen-bond donors (Lipinski definition) is 0. The fraction of sp³-hybridized carbons (Fsp3) is 0.625. The molecule has 0 saturated carbocycles. The van der Waals surface area contributed by atoms with Crippen LogP contribution in [0.25, 0.3) is 0 Å². The molecule has 1 nitrogen and oxygen atoms in total. The molecule has 0 aromatic carbocycles. The molecule has 2 aliphatic rings. The van der Waals surface area contributed by atoms with Gasteiger partial charge in [0, 0.05) is 24.6 Å². The highest BCUT2D eigenvalue weighted by atomic mass is 14.8. The molecule has 0 amide bonds. The van der Waals surface area contributed by atoms with Crippen LogP contribution < -0.4 is 0 Å². The molecule has 1 atom stereocenters. The van der Waals surface area contributed by atoms with E-state index < -0.39 is 0 Å². The lowest BCUT2D eigenvalue weighted by molar-refractivity contribution is 0.676. The molecule has 2 rings (SSSR count). The van der Waals surface area contributed by atoms with Crippen LogP contribution in [0.5, 0.6) is 0 Å². The summed E-state index contributed by atoms with van der Waals surface area (Å²) < 4.78 is 0. The van der Waals surface area contributed by atoms with Crippen molar-refractivity contribution in [3.05, 3.63) is 12.2 Å². The van der Waals surface area contributed by atoms with Gasteiger partial charge in [0.15, 0.2) is 0 Å². The minimum atomic E-state index is 0.829. The average Bonchev–Trinajstić information content (AvgIpc) is 2.33. The number of rotatable bonds is 0. The van der Waals surface area contributed by atoms with Gasteiger partial charge in [0.1, 0.15) is 0 Å². The van der Waals surface area contributed by atoms with Gasteiger partial charge >= 0.3 is 0 Å². The van der Waals surface area contributed by atoms with E-state index in [0.29, 0.717) is 0 Å². The molecule has 48 valence electrons. The van der Waals surface area contributed by atoms with Crippen LogP contribution >= 0.6 is 0 Å². The van der Waals surface area contributed by atoms with E-state index in [1.165, 1.54) is 18.6 Å². The van der Waals surface area contributed by atoms with Crippen molar-refractivity contribution < 1.29 is 0 Å². The third-order valence-corrected chi connectivity index (χ3v) is 2.18. The number of allylic oxidation sites excluding steroid dienone is 2. The maximum Gasteiger partial charge on any atom is 0.0395 e. The summed E-state index contributed by atoms with van der Waals surface area (Å²) >= 11 is 0. The molecule has 1 unspecified atom stereocenters. The first-order chi connectivity index (χ1) is 4.47. The molecule has 0 aromatic rings. The summed E-state index contributed by atoms with van der Waals surface area (Å²) in [6, 6.07) is 0. The summed E-state index contributed by atoms with van der Waals surface area (Å²) in [5, 5.41) is 0. The molecule has 0 aromatic heterocycles. The standard InChI is InChI=1S/C8H11N/c1-2-4-8-7(3-1)5-6-9-8/h1-2,7H,3-6H2. The van der Waals surface area contributed by atoms with E-state index in [0.717, 1.165) is 18.9 Å². The van der Waals surface area contributed by atoms with Gasteiger partial charge in [-0.05, 0) is 12.8 Å². The number of fused-ring (bicyclic) bond motifs is 1. The normalized spacial score (nSPS) is 32.0. The third-order valence-electron chi connectivity index (χ3n) is 2.18. The van der Waals surface area contributed by atoms with Crippen molar-refractivity contribution >= 4 is 5.71 Å². The van der Waals surface area contributed by atoms with Gasteiger partial charge in [-0.25, -0.2) is 0 Å². The van der Waals surface area contributed by atoms with Crippen molar-refractivity contribution in [2.45, 2.75) is 19.3 Å². The Hall–Kier alpha value is -0.590. The number of aliphatic imine (C=N–C) groups is 1. The maximum atomic E-state index is 4.42. The average molecular weight is 121 g/mol. The lowest BCUT2D eigenvalue weighted by atomic mass is 9.92. The van der Waals surface area contributed by atoms with E-state index in [2.05, 4.69) is 17.1 Å². The Kier molecular flexibility index (Phi) is 1.15. The molecule has 9 heavy (non-hydrogen) atoms. The van der Waals surface area contributed by atoms with Crippen LogP contribution in [-0.2, 0) is 0 Å². The summed E-state index contributed by atoms with van der Waals surface area (Å²) in [5.74, 6) is 0.829. The Labute approximate surface area is 55.5 Å². The van der Waals surface area contributed by atoms with Crippen LogP contribution in [0, 0.1) is 5.92 Å². The summed E-state index contributed by atoms with van der Waals surface area (Å²) in [6.45, 7) is 1.08. The smallest absolute Gasteiger partial charge is 0.0395 e. The highest BCUT2D eigenvalue weighted by Crippen LogP contribution is 2.23. The predicted molar refractivity (Wildman–Crippen MR) is 38.8 cm³/mol. The minimum absolute atomic E-state index is 0.829. The van der Waals surface area contributed by atoms with Crippen molar-refractivity contribution in [2.24, 2.45) is 10.9 Å². The predicted octanol–water partition coefficient (Wildman–Crippen LogP) is 1.80. The van der Waals surface area contributed by atoms with E-state index in [4.69, 9.17) is 0 Å². The van der Waals surface area contributed by atoms with Crippen molar-refractivity contribution in [2.75, 3.05) is 6.54 Å². The lowest BCUT2D eigenvalue weighted by Gasteiger charge is -2.12. The Morgan fingerprint density at radius 3 is 3.33 bits per heavy atom. The highest BCUT2D eigenvalue weighted by molar-refractivity contribution is 5.90. The first-order valence-electron chi connectivity index (χ1n) is 3.65. The summed E-state index contributed by atoms with van der Waals surface area (Å²) in [6.07, 6.45) is 8.21. The van der Waals surface area contributed by atoms with E-state index in [9.17, 15) is 0 Å². The topological polar surface area (TPSA) is 12.4 Å². The number of nitrogens with zero attached hydrogens (tertiary/aromatic N) is 1. The second-order valence-electron chi connectivity index (χ2n) is 2.77. The van der Waals surface area contributed by atoms with Crippen molar-refractivity contribution in [3.63, 3.8) is 0 Å². The van der Waals surface area contributed by atoms with Crippen LogP contribution in [0.4, 0.5) is 0 Å². The van der Waals surface area contributed by atoms with Crippen molar-refractivity contribution in [1.29, 1.82) is 0 Å². The quantitative estimate of drug-likeness (QED) is 0.433. The van der Waals surface area contributed by atoms with Gasteiger partial charge in [-0.1, -0.05) is 12.2 Å². The molecule has 0 fully saturated rings. The number of hydrogen-bond acceptors (Lipinski definition) is 1. The Bertz CT molecular complexity index is 167. The maximum absolute atomic E-state index is 4.42. The molecule has 0 bridgehead atoms. The second-order valence-corrected chi connectivity index (χ2v) is 2.77. The van der Waals surface area contributed by atoms with Crippen LogP contribution in [-0.4, -0.2) is 12.3 Å². The van der Waals surface area contributed by atoms with Crippen LogP contribution in [0.1, 0.15) is 19.3 Å². The Balaban J connectivity index is 2.20. The molecule has 0 radical (unpaired) electrons. The largest absolute Gasteiger partial charge is 0.293 e. The molecule has 1 heteroatoms. The van der Waals surface area contributed by atoms with Gasteiger partial charge in [-0.15, -0.1) is 0 Å². The van der Waals surface area contributed by atoms with Crippen molar-refractivity contribution in [1.82, 2.24) is 0 Å². The molecule has 0 spiro atoms. The zero-order valence-corrected chi connectivity index (χ0v) is 5.51. The first kappa shape index (κ1) is 5.21. The first-order valence-corrected chi connectivity index (χ1v) is 3.65. The van der Waals surface area contributed by atoms with Crippen molar-refractivity contribution in [3.8, 4) is 0 Å². The van der Waals surface area contributed by atoms with Crippen LogP contribution in [0.3, 0.4) is 0 Å². The van der Waals surface area contributed by atoms with Gasteiger partial charge in [-0.2, -0.15) is 0 Å². The third kappa shape index (κ3) is 0.805. The molecular formula is C8H11N. The van der Waals surface area contributed by atoms with Gasteiger partial charge in [0.2, 0.25) is 0 Å². The minimum Gasteiger partial charge on any atom is -0.293 e. The highest BCUT2D eigenvalue weighted by Gasteiger charge is 2.20. The molecule has 1 heterocycles. The van der Waals surface area contributed by atoms with E-state index in [-0.39, 0.29) is 0 Å². The summed E-state index contributed by atoms with van der Waals surface area (Å²) in [7, 11) is 0. The fourth-order valence-electron chi connectivity index (χ4n) is 1.61. The second kappa shape index (κ2) is 1.98. The fourth-order valence-corrected chi connectivity index (χ4v) is 1.61. The Morgan fingerprint density at radius 1 is 1.44 bits per heavy atom. The van der Waals surface area contributed by atoms with E-state index >= 15 is 0 Å². The summed E-state index contributed by atoms with van der Waals surface area (Å²) in [4.78, 5) is 4.42. The monoisotopic (exact) mass is 121 g/mol. The lowest BCUT2D eigenvalue weighted by Crippen LogP contribution is -2.10. The SMILES string of the molecule is C1=CCC2CCN=C2C1. The zero-order chi connectivity index (χ0) is 6.10. The van der Waals surface area contributed by atoms with Crippen LogP contribution in [0.15, 0.2) is 17.1 Å². The molecule has 1 aliphatic heterocycles. The molecule has 0 N–H and O–H groups in total. The molecular weight excluding hydrogens is 110 g/mol. The van der Waals surface area contributed by atoms with Crippen LogP contribution in [0.2, 0.25) is 0 Å².